The Morgan fingerprint density at radius 3 is 2.71 bits per heavy atom. The van der Waals surface area contributed by atoms with E-state index in [0.29, 0.717) is 24.1 Å². The highest BCUT2D eigenvalue weighted by molar-refractivity contribution is 7.98. The maximum absolute atomic E-state index is 12.7. The van der Waals surface area contributed by atoms with Crippen molar-refractivity contribution in [3.63, 3.8) is 0 Å². The van der Waals surface area contributed by atoms with Crippen LogP contribution in [0.15, 0.2) is 70.0 Å². The smallest absolute Gasteiger partial charge is 0.287 e. The molecule has 0 radical (unpaired) electrons. The van der Waals surface area contributed by atoms with E-state index >= 15 is 0 Å². The van der Waals surface area contributed by atoms with Gasteiger partial charge in [-0.05, 0) is 44.0 Å². The van der Waals surface area contributed by atoms with Crippen LogP contribution in [0.2, 0.25) is 0 Å². The molecule has 1 aliphatic carbocycles. The number of nitrogens with zero attached hydrogens (tertiary/aromatic N) is 2. The Labute approximate surface area is 210 Å². The number of hydrogen-bond donors (Lipinski definition) is 1. The van der Waals surface area contributed by atoms with Crippen LogP contribution in [0.5, 0.6) is 0 Å². The number of hydrogen-bond acceptors (Lipinski definition) is 5. The maximum Gasteiger partial charge on any atom is 0.287 e. The first-order valence-electron chi connectivity index (χ1n) is 12.3. The lowest BCUT2D eigenvalue weighted by Crippen LogP contribution is -2.25. The second-order valence-corrected chi connectivity index (χ2v) is 10.2. The summed E-state index contributed by atoms with van der Waals surface area (Å²) in [6, 6.07) is 16.3. The van der Waals surface area contributed by atoms with Gasteiger partial charge in [0.1, 0.15) is 11.5 Å². The van der Waals surface area contributed by atoms with Crippen LogP contribution in [0.4, 0.5) is 0 Å². The molecule has 0 bridgehead atoms. The molecule has 0 unspecified atom stereocenters. The van der Waals surface area contributed by atoms with E-state index in [1.807, 2.05) is 24.5 Å². The topological polar surface area (TPSA) is 73.2 Å². The second kappa shape index (κ2) is 11.0. The number of amides is 1. The van der Waals surface area contributed by atoms with Crippen LogP contribution in [-0.4, -0.2) is 27.8 Å². The number of nitrogens with one attached hydrogen (secondary N) is 1. The minimum atomic E-state index is -0.199. The van der Waals surface area contributed by atoms with Crippen LogP contribution in [0, 0.1) is 6.92 Å². The van der Waals surface area contributed by atoms with E-state index in [1.54, 1.807) is 24.1 Å². The van der Waals surface area contributed by atoms with Gasteiger partial charge in [0.2, 0.25) is 0 Å². The molecule has 5 rings (SSSR count). The minimum absolute atomic E-state index is 0.199. The normalized spacial score (nSPS) is 14.3. The van der Waals surface area contributed by atoms with Crippen molar-refractivity contribution < 1.29 is 13.6 Å². The number of aryl methyl sites for hydroxylation is 1. The van der Waals surface area contributed by atoms with Gasteiger partial charge < -0.3 is 18.7 Å². The fraction of sp³-hybridized carbons (Fsp3) is 0.357. The molecule has 0 aliphatic heterocycles. The van der Waals surface area contributed by atoms with Crippen LogP contribution < -0.4 is 5.32 Å². The van der Waals surface area contributed by atoms with E-state index in [2.05, 4.69) is 41.1 Å². The largest absolute Gasteiger partial charge is 0.468 e. The van der Waals surface area contributed by atoms with Gasteiger partial charge in [0.15, 0.2) is 11.5 Å². The van der Waals surface area contributed by atoms with Gasteiger partial charge in [0.25, 0.3) is 5.91 Å². The maximum atomic E-state index is 12.7. The number of furan rings is 2. The lowest BCUT2D eigenvalue weighted by Gasteiger charge is -2.24. The molecule has 1 amide bonds. The Bertz CT molecular complexity index is 1230. The third kappa shape index (κ3) is 5.56. The van der Waals surface area contributed by atoms with Crippen LogP contribution in [0.3, 0.4) is 0 Å². The number of aromatic nitrogens is 2. The molecule has 3 aromatic heterocycles. The van der Waals surface area contributed by atoms with E-state index in [0.717, 1.165) is 47.1 Å². The zero-order chi connectivity index (χ0) is 24.0. The van der Waals surface area contributed by atoms with Crippen molar-refractivity contribution in [3.05, 3.63) is 78.2 Å². The summed E-state index contributed by atoms with van der Waals surface area (Å²) in [5.41, 5.74) is 4.11. The highest BCUT2D eigenvalue weighted by Crippen LogP contribution is 2.38. The molecular weight excluding hydrogens is 458 g/mol. The third-order valence-corrected chi connectivity index (χ3v) is 7.49. The number of thioether (sulfide) groups is 1. The fourth-order valence-corrected chi connectivity index (χ4v) is 5.40. The van der Waals surface area contributed by atoms with Crippen molar-refractivity contribution in [1.29, 1.82) is 0 Å². The molecule has 1 fully saturated rings. The summed E-state index contributed by atoms with van der Waals surface area (Å²) >= 11 is 1.72. The number of imidazole rings is 1. The summed E-state index contributed by atoms with van der Waals surface area (Å²) in [5.74, 6) is 3.34. The molecule has 1 saturated carbocycles. The van der Waals surface area contributed by atoms with Crippen LogP contribution >= 0.6 is 11.8 Å². The highest BCUT2D eigenvalue weighted by Gasteiger charge is 2.25. The lowest BCUT2D eigenvalue weighted by molar-refractivity contribution is 0.0929. The average molecular weight is 490 g/mol. The van der Waals surface area contributed by atoms with Crippen molar-refractivity contribution in [1.82, 2.24) is 14.9 Å². The number of carbonyl (C=O) groups is 1. The standard InChI is InChI=1S/C28H31N3O3S/c1-20-9-11-21(12-10-20)26-27(31(19-30-26)22-6-3-2-4-7-22)24-13-14-25(34-24)28(32)29-15-17-35-18-23-8-5-16-33-23/h5,8-14,16,19,22H,2-4,6-7,15,17-18H2,1H3,(H,29,32). The Kier molecular flexibility index (Phi) is 7.42. The molecule has 0 saturated heterocycles. The predicted octanol–water partition coefficient (Wildman–Crippen LogP) is 6.88. The summed E-state index contributed by atoms with van der Waals surface area (Å²) in [5, 5.41) is 2.96. The van der Waals surface area contributed by atoms with Gasteiger partial charge in [0, 0.05) is 23.9 Å². The van der Waals surface area contributed by atoms with Crippen molar-refractivity contribution in [2.45, 2.75) is 50.8 Å². The fourth-order valence-electron chi connectivity index (χ4n) is 4.64. The quantitative estimate of drug-likeness (QED) is 0.259. The first kappa shape index (κ1) is 23.5. The average Bonchev–Trinajstić information content (AvgIpc) is 3.65. The molecule has 0 atom stereocenters. The van der Waals surface area contributed by atoms with Gasteiger partial charge in [0.05, 0.1) is 24.0 Å². The molecule has 1 aromatic carbocycles. The van der Waals surface area contributed by atoms with E-state index in [-0.39, 0.29) is 5.91 Å². The molecule has 7 heteroatoms. The molecule has 0 spiro atoms. The molecular formula is C28H31N3O3S. The zero-order valence-corrected chi connectivity index (χ0v) is 20.9. The first-order chi connectivity index (χ1) is 17.2. The van der Waals surface area contributed by atoms with Crippen LogP contribution in [0.25, 0.3) is 22.7 Å². The summed E-state index contributed by atoms with van der Waals surface area (Å²) in [6.07, 6.45) is 9.64. The second-order valence-electron chi connectivity index (χ2n) is 9.06. The van der Waals surface area contributed by atoms with E-state index in [9.17, 15) is 4.79 Å². The number of carbonyl (C=O) groups excluding carboxylic acids is 1. The summed E-state index contributed by atoms with van der Waals surface area (Å²) < 4.78 is 13.7. The Morgan fingerprint density at radius 2 is 1.94 bits per heavy atom. The van der Waals surface area contributed by atoms with Crippen molar-refractivity contribution in [2.75, 3.05) is 12.3 Å². The molecule has 3 heterocycles. The monoisotopic (exact) mass is 489 g/mol. The van der Waals surface area contributed by atoms with Crippen molar-refractivity contribution in [3.8, 4) is 22.7 Å². The molecule has 35 heavy (non-hydrogen) atoms. The van der Waals surface area contributed by atoms with Crippen LogP contribution in [-0.2, 0) is 5.75 Å². The van der Waals surface area contributed by atoms with Gasteiger partial charge in [-0.3, -0.25) is 4.79 Å². The molecule has 4 aromatic rings. The molecule has 1 aliphatic rings. The van der Waals surface area contributed by atoms with Gasteiger partial charge in [-0.25, -0.2) is 4.98 Å². The lowest BCUT2D eigenvalue weighted by atomic mass is 9.95. The zero-order valence-electron chi connectivity index (χ0n) is 20.0. The SMILES string of the molecule is Cc1ccc(-c2ncn(C3CCCCC3)c2-c2ccc(C(=O)NCCSCc3ccco3)o2)cc1. The summed E-state index contributed by atoms with van der Waals surface area (Å²) in [6.45, 7) is 2.65. The van der Waals surface area contributed by atoms with E-state index in [4.69, 9.17) is 13.8 Å². The number of rotatable bonds is 9. The summed E-state index contributed by atoms with van der Waals surface area (Å²) in [4.78, 5) is 17.5. The Morgan fingerprint density at radius 1 is 1.11 bits per heavy atom. The molecule has 182 valence electrons. The highest BCUT2D eigenvalue weighted by atomic mass is 32.2. The Balaban J connectivity index is 1.32. The van der Waals surface area contributed by atoms with Gasteiger partial charge >= 0.3 is 0 Å². The summed E-state index contributed by atoms with van der Waals surface area (Å²) in [7, 11) is 0. The number of benzene rings is 1. The van der Waals surface area contributed by atoms with Gasteiger partial charge in [-0.15, -0.1) is 0 Å². The van der Waals surface area contributed by atoms with Crippen LogP contribution in [0.1, 0.15) is 60.0 Å². The molecule has 1 N–H and O–H groups in total. The third-order valence-electron chi connectivity index (χ3n) is 6.51. The van der Waals surface area contributed by atoms with E-state index in [1.165, 1.54) is 24.8 Å². The van der Waals surface area contributed by atoms with E-state index < -0.39 is 0 Å². The molecule has 6 nitrogen and oxygen atoms in total. The van der Waals surface area contributed by atoms with Gasteiger partial charge in [-0.1, -0.05) is 49.1 Å². The Hall–Kier alpha value is -3.19. The predicted molar refractivity (Wildman–Crippen MR) is 139 cm³/mol. The first-order valence-corrected chi connectivity index (χ1v) is 13.5. The van der Waals surface area contributed by atoms with Crippen molar-refractivity contribution >= 4 is 17.7 Å². The van der Waals surface area contributed by atoms with Gasteiger partial charge in [-0.2, -0.15) is 11.8 Å². The van der Waals surface area contributed by atoms with Crippen molar-refractivity contribution in [2.24, 2.45) is 0 Å². The minimum Gasteiger partial charge on any atom is -0.468 e.